The second-order valence-electron chi connectivity index (χ2n) is 6.14. The first-order chi connectivity index (χ1) is 9.30. The summed E-state index contributed by atoms with van der Waals surface area (Å²) in [5.74, 6) is -0.829. The van der Waals surface area contributed by atoms with Gasteiger partial charge in [0, 0.05) is 0 Å². The molecule has 7 nitrogen and oxygen atoms in total. The van der Waals surface area contributed by atoms with Crippen molar-refractivity contribution in [2.45, 2.75) is 50.6 Å². The maximum atomic E-state index is 12.0. The second-order valence-corrected chi connectivity index (χ2v) is 6.14. The Labute approximate surface area is 117 Å². The maximum Gasteiger partial charge on any atom is 0.325 e. The van der Waals surface area contributed by atoms with Crippen LogP contribution in [0.15, 0.2) is 0 Å². The molecule has 20 heavy (non-hydrogen) atoms. The molecule has 0 radical (unpaired) electrons. The van der Waals surface area contributed by atoms with Gasteiger partial charge in [0.25, 0.3) is 5.91 Å². The van der Waals surface area contributed by atoms with E-state index in [-0.39, 0.29) is 13.2 Å². The number of imide groups is 1. The summed E-state index contributed by atoms with van der Waals surface area (Å²) in [5, 5.41) is 14.7. The highest BCUT2D eigenvalue weighted by Gasteiger charge is 2.45. The molecule has 1 saturated carbocycles. The molecule has 1 aliphatic heterocycles. The maximum absolute atomic E-state index is 12.0. The summed E-state index contributed by atoms with van der Waals surface area (Å²) in [6, 6.07) is -0.556. The van der Waals surface area contributed by atoms with Crippen LogP contribution in [0.2, 0.25) is 0 Å². The number of nitrogens with one attached hydrogen (secondary N) is 2. The third-order valence-electron chi connectivity index (χ3n) is 4.01. The van der Waals surface area contributed by atoms with Gasteiger partial charge in [-0.25, -0.2) is 4.79 Å². The Bertz CT molecular complexity index is 441. The molecule has 1 saturated heterocycles. The number of hydrogen-bond donors (Lipinski definition) is 3. The summed E-state index contributed by atoms with van der Waals surface area (Å²) >= 11 is 0. The molecular formula is C13H21N3O4. The molecule has 112 valence electrons. The van der Waals surface area contributed by atoms with E-state index in [9.17, 15) is 19.5 Å². The van der Waals surface area contributed by atoms with E-state index in [1.54, 1.807) is 13.8 Å². The van der Waals surface area contributed by atoms with Crippen LogP contribution in [0.1, 0.15) is 39.5 Å². The molecule has 0 unspecified atom stereocenters. The van der Waals surface area contributed by atoms with Gasteiger partial charge < -0.3 is 15.7 Å². The smallest absolute Gasteiger partial charge is 0.325 e. The van der Waals surface area contributed by atoms with Crippen molar-refractivity contribution < 1.29 is 19.5 Å². The average molecular weight is 283 g/mol. The largest absolute Gasteiger partial charge is 0.394 e. The Balaban J connectivity index is 1.98. The van der Waals surface area contributed by atoms with Gasteiger partial charge in [0.2, 0.25) is 5.91 Å². The third-order valence-corrected chi connectivity index (χ3v) is 4.01. The number of aliphatic hydroxyl groups excluding tert-OH is 1. The van der Waals surface area contributed by atoms with Crippen LogP contribution in [0.4, 0.5) is 4.79 Å². The molecule has 0 aromatic heterocycles. The number of rotatable bonds is 4. The Morgan fingerprint density at radius 1 is 1.35 bits per heavy atom. The zero-order valence-corrected chi connectivity index (χ0v) is 11.9. The number of aliphatic hydroxyl groups is 1. The predicted molar refractivity (Wildman–Crippen MR) is 70.8 cm³/mol. The lowest BCUT2D eigenvalue weighted by molar-refractivity contribution is -0.134. The van der Waals surface area contributed by atoms with Gasteiger partial charge in [0.1, 0.15) is 12.1 Å². The summed E-state index contributed by atoms with van der Waals surface area (Å²) in [4.78, 5) is 36.6. The first-order valence-corrected chi connectivity index (χ1v) is 6.86. The number of carbonyl (C=O) groups excluding carboxylic acids is 3. The molecule has 1 aliphatic carbocycles. The molecule has 0 spiro atoms. The minimum absolute atomic E-state index is 0.121. The Morgan fingerprint density at radius 3 is 2.40 bits per heavy atom. The second kappa shape index (κ2) is 5.05. The molecule has 2 rings (SSSR count). The quantitative estimate of drug-likeness (QED) is 0.619. The highest BCUT2D eigenvalue weighted by molar-refractivity contribution is 6.08. The van der Waals surface area contributed by atoms with Crippen molar-refractivity contribution in [1.29, 1.82) is 0 Å². The molecule has 0 aromatic rings. The van der Waals surface area contributed by atoms with Crippen molar-refractivity contribution in [3.8, 4) is 0 Å². The molecule has 0 aromatic carbocycles. The van der Waals surface area contributed by atoms with E-state index in [4.69, 9.17) is 0 Å². The standard InChI is InChI=1S/C13H21N3O4/c1-12(2)10(19)16(11(20)15-12)7-9(18)14-13(8-17)5-3-4-6-13/h17H,3-8H2,1-2H3,(H,14,18)(H,15,20). The van der Waals surface area contributed by atoms with E-state index in [1.807, 2.05) is 0 Å². The first kappa shape index (κ1) is 14.8. The fraction of sp³-hybridized carbons (Fsp3) is 0.769. The van der Waals surface area contributed by atoms with Crippen LogP contribution in [0, 0.1) is 0 Å². The summed E-state index contributed by atoms with van der Waals surface area (Å²) in [6.07, 6.45) is 3.36. The summed E-state index contributed by atoms with van der Waals surface area (Å²) in [7, 11) is 0. The molecule has 4 amide bonds. The molecule has 2 aliphatic rings. The van der Waals surface area contributed by atoms with Gasteiger partial charge in [-0.3, -0.25) is 14.5 Å². The summed E-state index contributed by atoms with van der Waals surface area (Å²) in [5.41, 5.74) is -1.56. The predicted octanol–water partition coefficient (Wildman–Crippen LogP) is -0.262. The summed E-state index contributed by atoms with van der Waals surface area (Å²) < 4.78 is 0. The Hall–Kier alpha value is -1.63. The fourth-order valence-electron chi connectivity index (χ4n) is 2.81. The van der Waals surface area contributed by atoms with Crippen LogP contribution in [-0.2, 0) is 9.59 Å². The van der Waals surface area contributed by atoms with Crippen LogP contribution in [0.3, 0.4) is 0 Å². The van der Waals surface area contributed by atoms with Crippen molar-refractivity contribution >= 4 is 17.8 Å². The monoisotopic (exact) mass is 283 g/mol. The number of carbonyl (C=O) groups is 3. The molecule has 3 N–H and O–H groups in total. The van der Waals surface area contributed by atoms with E-state index in [1.165, 1.54) is 0 Å². The van der Waals surface area contributed by atoms with Gasteiger partial charge in [0.05, 0.1) is 12.1 Å². The van der Waals surface area contributed by atoms with Crippen molar-refractivity contribution in [1.82, 2.24) is 15.5 Å². The van der Waals surface area contributed by atoms with Crippen LogP contribution < -0.4 is 10.6 Å². The minimum Gasteiger partial charge on any atom is -0.394 e. The Kier molecular flexibility index (Phi) is 3.73. The van der Waals surface area contributed by atoms with Crippen LogP contribution in [-0.4, -0.2) is 52.1 Å². The first-order valence-electron chi connectivity index (χ1n) is 6.86. The molecule has 1 heterocycles. The van der Waals surface area contributed by atoms with Gasteiger partial charge in [-0.05, 0) is 26.7 Å². The topological polar surface area (TPSA) is 98.7 Å². The lowest BCUT2D eigenvalue weighted by atomic mass is 9.99. The molecule has 2 fully saturated rings. The lowest BCUT2D eigenvalue weighted by Gasteiger charge is -2.28. The van der Waals surface area contributed by atoms with Crippen molar-refractivity contribution in [3.05, 3.63) is 0 Å². The van der Waals surface area contributed by atoms with E-state index in [0.29, 0.717) is 0 Å². The van der Waals surface area contributed by atoms with E-state index in [0.717, 1.165) is 30.6 Å². The number of amides is 4. The summed E-state index contributed by atoms with van der Waals surface area (Å²) in [6.45, 7) is 2.76. The highest BCUT2D eigenvalue weighted by Crippen LogP contribution is 2.29. The van der Waals surface area contributed by atoms with Gasteiger partial charge in [-0.15, -0.1) is 0 Å². The lowest BCUT2D eigenvalue weighted by Crippen LogP contribution is -2.53. The Morgan fingerprint density at radius 2 is 1.95 bits per heavy atom. The van der Waals surface area contributed by atoms with Crippen molar-refractivity contribution in [2.24, 2.45) is 0 Å². The van der Waals surface area contributed by atoms with Gasteiger partial charge >= 0.3 is 6.03 Å². The highest BCUT2D eigenvalue weighted by atomic mass is 16.3. The zero-order chi connectivity index (χ0) is 15.0. The average Bonchev–Trinajstić information content (AvgIpc) is 2.89. The SMILES string of the molecule is CC1(C)NC(=O)N(CC(=O)NC2(CO)CCCC2)C1=O. The molecule has 0 atom stereocenters. The number of nitrogens with zero attached hydrogens (tertiary/aromatic N) is 1. The van der Waals surface area contributed by atoms with Crippen molar-refractivity contribution in [3.63, 3.8) is 0 Å². The van der Waals surface area contributed by atoms with E-state index >= 15 is 0 Å². The van der Waals surface area contributed by atoms with Gasteiger partial charge in [-0.1, -0.05) is 12.8 Å². The normalized spacial score (nSPS) is 23.9. The molecular weight excluding hydrogens is 262 g/mol. The van der Waals surface area contributed by atoms with Gasteiger partial charge in [-0.2, -0.15) is 0 Å². The fourth-order valence-corrected chi connectivity index (χ4v) is 2.81. The van der Waals surface area contributed by atoms with Crippen LogP contribution in [0.25, 0.3) is 0 Å². The van der Waals surface area contributed by atoms with Crippen molar-refractivity contribution in [2.75, 3.05) is 13.2 Å². The van der Waals surface area contributed by atoms with Crippen LogP contribution >= 0.6 is 0 Å². The number of hydrogen-bond acceptors (Lipinski definition) is 4. The molecule has 0 bridgehead atoms. The van der Waals surface area contributed by atoms with Gasteiger partial charge in [0.15, 0.2) is 0 Å². The molecule has 7 heteroatoms. The zero-order valence-electron chi connectivity index (χ0n) is 11.9. The minimum atomic E-state index is -0.973. The van der Waals surface area contributed by atoms with E-state index < -0.39 is 28.9 Å². The number of urea groups is 1. The van der Waals surface area contributed by atoms with Crippen LogP contribution in [0.5, 0.6) is 0 Å². The van der Waals surface area contributed by atoms with E-state index in [2.05, 4.69) is 10.6 Å². The third kappa shape index (κ3) is 2.63.